The molecule has 0 bridgehead atoms. The average molecular weight is 271 g/mol. The van der Waals surface area contributed by atoms with Gasteiger partial charge in [0.1, 0.15) is 5.65 Å². The molecule has 2 N–H and O–H groups in total. The first kappa shape index (κ1) is 12.4. The predicted molar refractivity (Wildman–Crippen MR) is 80.3 cm³/mol. The van der Waals surface area contributed by atoms with Gasteiger partial charge in [-0.25, -0.2) is 4.98 Å². The van der Waals surface area contributed by atoms with Crippen molar-refractivity contribution in [1.29, 1.82) is 0 Å². The Labute approximate surface area is 116 Å². The van der Waals surface area contributed by atoms with Crippen molar-refractivity contribution in [3.05, 3.63) is 52.0 Å². The predicted octanol–water partition coefficient (Wildman–Crippen LogP) is 3.48. The fourth-order valence-corrected chi connectivity index (χ4v) is 3.25. The molecule has 4 heteroatoms. The Kier molecular flexibility index (Phi) is 3.62. The molecule has 3 aromatic heterocycles. The van der Waals surface area contributed by atoms with Gasteiger partial charge in [-0.05, 0) is 41.1 Å². The number of aromatic nitrogens is 2. The van der Waals surface area contributed by atoms with E-state index < -0.39 is 0 Å². The molecule has 98 valence electrons. The molecule has 0 radical (unpaired) electrons. The largest absolute Gasteiger partial charge is 0.346 e. The molecular weight excluding hydrogens is 254 g/mol. The first-order valence-electron chi connectivity index (χ1n) is 6.55. The summed E-state index contributed by atoms with van der Waals surface area (Å²) in [5.41, 5.74) is 3.69. The second-order valence-corrected chi connectivity index (χ2v) is 5.54. The van der Waals surface area contributed by atoms with Crippen LogP contribution in [0.1, 0.15) is 22.9 Å². The third-order valence-electron chi connectivity index (χ3n) is 3.36. The molecule has 3 rings (SSSR count). The van der Waals surface area contributed by atoms with Crippen LogP contribution in [0.3, 0.4) is 0 Å². The van der Waals surface area contributed by atoms with Crippen molar-refractivity contribution in [3.63, 3.8) is 0 Å². The molecular formula is C15H17N3S. The molecule has 3 nitrogen and oxygen atoms in total. The lowest BCUT2D eigenvalue weighted by molar-refractivity contribution is 0.700. The topological polar surface area (TPSA) is 40.7 Å². The molecule has 0 aliphatic heterocycles. The van der Waals surface area contributed by atoms with Crippen LogP contribution < -0.4 is 5.32 Å². The number of hydrogen-bond donors (Lipinski definition) is 2. The Morgan fingerprint density at radius 1 is 1.26 bits per heavy atom. The van der Waals surface area contributed by atoms with Crippen molar-refractivity contribution < 1.29 is 0 Å². The lowest BCUT2D eigenvalue weighted by Crippen LogP contribution is -2.12. The number of thiophene rings is 1. The minimum absolute atomic E-state index is 0.868. The van der Waals surface area contributed by atoms with Gasteiger partial charge in [0.25, 0.3) is 0 Å². The highest BCUT2D eigenvalue weighted by atomic mass is 32.1. The zero-order valence-electron chi connectivity index (χ0n) is 10.9. The maximum Gasteiger partial charge on any atom is 0.137 e. The van der Waals surface area contributed by atoms with Crippen LogP contribution in [0.15, 0.2) is 36.0 Å². The number of aromatic amines is 1. The fraction of sp³-hybridized carbons (Fsp3) is 0.267. The van der Waals surface area contributed by atoms with Crippen LogP contribution in [0, 0.1) is 0 Å². The van der Waals surface area contributed by atoms with Gasteiger partial charge in [0.05, 0.1) is 0 Å². The fourth-order valence-electron chi connectivity index (χ4n) is 2.31. The van der Waals surface area contributed by atoms with E-state index >= 15 is 0 Å². The van der Waals surface area contributed by atoms with Crippen molar-refractivity contribution in [1.82, 2.24) is 15.3 Å². The van der Waals surface area contributed by atoms with Crippen LogP contribution in [0.2, 0.25) is 0 Å². The van der Waals surface area contributed by atoms with E-state index in [1.807, 2.05) is 29.8 Å². The highest BCUT2D eigenvalue weighted by Gasteiger charge is 2.05. The van der Waals surface area contributed by atoms with E-state index in [-0.39, 0.29) is 0 Å². The van der Waals surface area contributed by atoms with Crippen LogP contribution in [0.5, 0.6) is 0 Å². The van der Waals surface area contributed by atoms with E-state index in [9.17, 15) is 0 Å². The molecule has 0 spiro atoms. The van der Waals surface area contributed by atoms with E-state index in [1.54, 1.807) is 0 Å². The van der Waals surface area contributed by atoms with Crippen LogP contribution >= 0.6 is 11.3 Å². The average Bonchev–Trinajstić information content (AvgIpc) is 3.06. The minimum atomic E-state index is 0.868. The van der Waals surface area contributed by atoms with Crippen LogP contribution in [-0.2, 0) is 19.5 Å². The Balaban J connectivity index is 1.67. The molecule has 0 saturated heterocycles. The normalized spacial score (nSPS) is 11.2. The van der Waals surface area contributed by atoms with Gasteiger partial charge in [-0.2, -0.15) is 0 Å². The molecule has 0 saturated carbocycles. The van der Waals surface area contributed by atoms with E-state index in [0.717, 1.165) is 25.2 Å². The second kappa shape index (κ2) is 5.55. The first-order chi connectivity index (χ1) is 9.38. The number of rotatable bonds is 5. The number of fused-ring (bicyclic) bond motifs is 1. The molecule has 0 atom stereocenters. The molecule has 0 fully saturated rings. The molecule has 0 unspecified atom stereocenters. The van der Waals surface area contributed by atoms with Crippen molar-refractivity contribution in [2.75, 3.05) is 0 Å². The quantitative estimate of drug-likeness (QED) is 0.746. The highest BCUT2D eigenvalue weighted by Crippen LogP contribution is 2.18. The van der Waals surface area contributed by atoms with Gasteiger partial charge in [-0.3, -0.25) is 0 Å². The maximum atomic E-state index is 4.31. The Morgan fingerprint density at radius 3 is 3.11 bits per heavy atom. The summed E-state index contributed by atoms with van der Waals surface area (Å²) in [5.74, 6) is 0. The molecule has 0 amide bonds. The number of nitrogens with one attached hydrogen (secondary N) is 2. The Morgan fingerprint density at radius 2 is 2.21 bits per heavy atom. The van der Waals surface area contributed by atoms with Crippen molar-refractivity contribution in [3.8, 4) is 0 Å². The van der Waals surface area contributed by atoms with Gasteiger partial charge < -0.3 is 10.3 Å². The van der Waals surface area contributed by atoms with Gasteiger partial charge in [-0.15, -0.1) is 11.3 Å². The zero-order chi connectivity index (χ0) is 13.1. The van der Waals surface area contributed by atoms with E-state index in [1.165, 1.54) is 21.4 Å². The lowest BCUT2D eigenvalue weighted by Gasteiger charge is -2.04. The standard InChI is InChI=1S/C15H17N3S/c1-2-11-5-7-19-14(11)10-16-8-12-9-18-15-13(12)4-3-6-17-15/h3-7,9,16H,2,8,10H2,1H3,(H,17,18). The molecule has 3 heterocycles. The van der Waals surface area contributed by atoms with E-state index in [2.05, 4.69) is 39.7 Å². The van der Waals surface area contributed by atoms with Crippen molar-refractivity contribution in [2.24, 2.45) is 0 Å². The Hall–Kier alpha value is -1.65. The summed E-state index contributed by atoms with van der Waals surface area (Å²) in [7, 11) is 0. The minimum Gasteiger partial charge on any atom is -0.346 e. The highest BCUT2D eigenvalue weighted by molar-refractivity contribution is 7.10. The summed E-state index contributed by atoms with van der Waals surface area (Å²) in [6.07, 6.45) is 4.96. The van der Waals surface area contributed by atoms with Crippen LogP contribution in [0.4, 0.5) is 0 Å². The molecule has 19 heavy (non-hydrogen) atoms. The molecule has 3 aromatic rings. The van der Waals surface area contributed by atoms with Gasteiger partial charge in [0.2, 0.25) is 0 Å². The smallest absolute Gasteiger partial charge is 0.137 e. The van der Waals surface area contributed by atoms with Gasteiger partial charge in [0.15, 0.2) is 0 Å². The summed E-state index contributed by atoms with van der Waals surface area (Å²) in [6.45, 7) is 4.01. The number of H-pyrrole nitrogens is 1. The molecule has 0 aliphatic rings. The monoisotopic (exact) mass is 271 g/mol. The summed E-state index contributed by atoms with van der Waals surface area (Å²) in [6, 6.07) is 6.31. The second-order valence-electron chi connectivity index (χ2n) is 4.54. The number of pyridine rings is 1. The Bertz CT molecular complexity index is 669. The molecule has 0 aliphatic carbocycles. The number of nitrogens with zero attached hydrogens (tertiary/aromatic N) is 1. The summed E-state index contributed by atoms with van der Waals surface area (Å²) in [5, 5.41) is 6.90. The van der Waals surface area contributed by atoms with Crippen LogP contribution in [-0.4, -0.2) is 9.97 Å². The third-order valence-corrected chi connectivity index (χ3v) is 4.32. The zero-order valence-corrected chi connectivity index (χ0v) is 11.8. The van der Waals surface area contributed by atoms with Gasteiger partial charge in [-0.1, -0.05) is 6.92 Å². The van der Waals surface area contributed by atoms with Crippen molar-refractivity contribution >= 4 is 22.4 Å². The maximum absolute atomic E-state index is 4.31. The first-order valence-corrected chi connectivity index (χ1v) is 7.43. The SMILES string of the molecule is CCc1ccsc1CNCc1c[nH]c2ncccc12. The van der Waals surface area contributed by atoms with Gasteiger partial charge >= 0.3 is 0 Å². The summed E-state index contributed by atoms with van der Waals surface area (Å²) < 4.78 is 0. The number of aryl methyl sites for hydroxylation is 1. The van der Waals surface area contributed by atoms with E-state index in [0.29, 0.717) is 0 Å². The summed E-state index contributed by atoms with van der Waals surface area (Å²) >= 11 is 1.83. The summed E-state index contributed by atoms with van der Waals surface area (Å²) in [4.78, 5) is 8.96. The number of hydrogen-bond acceptors (Lipinski definition) is 3. The van der Waals surface area contributed by atoms with E-state index in [4.69, 9.17) is 0 Å². The van der Waals surface area contributed by atoms with Crippen LogP contribution in [0.25, 0.3) is 11.0 Å². The van der Waals surface area contributed by atoms with Gasteiger partial charge in [0, 0.05) is 35.7 Å². The third kappa shape index (κ3) is 2.55. The lowest BCUT2D eigenvalue weighted by atomic mass is 10.2. The molecule has 0 aromatic carbocycles. The van der Waals surface area contributed by atoms with Crippen molar-refractivity contribution in [2.45, 2.75) is 26.4 Å².